The highest BCUT2D eigenvalue weighted by atomic mass is 16.5. The number of fused-ring (bicyclic) bond motifs is 1. The first-order chi connectivity index (χ1) is 10.7. The molecule has 6 nitrogen and oxygen atoms in total. The van der Waals surface area contributed by atoms with Gasteiger partial charge in [0, 0.05) is 29.6 Å². The van der Waals surface area contributed by atoms with E-state index in [0.717, 1.165) is 22.3 Å². The van der Waals surface area contributed by atoms with Crippen molar-refractivity contribution in [2.24, 2.45) is 0 Å². The zero-order valence-electron chi connectivity index (χ0n) is 12.8. The van der Waals surface area contributed by atoms with Gasteiger partial charge in [-0.25, -0.2) is 9.20 Å². The van der Waals surface area contributed by atoms with E-state index in [-0.39, 0.29) is 6.23 Å². The molecule has 6 heteroatoms. The van der Waals surface area contributed by atoms with Crippen LogP contribution < -0.4 is 0 Å². The summed E-state index contributed by atoms with van der Waals surface area (Å²) in [7, 11) is 0. The molecule has 0 saturated carbocycles. The van der Waals surface area contributed by atoms with E-state index in [1.165, 1.54) is 0 Å². The zero-order valence-corrected chi connectivity index (χ0v) is 12.8. The van der Waals surface area contributed by atoms with Gasteiger partial charge in [0.25, 0.3) is 0 Å². The molecule has 3 heterocycles. The summed E-state index contributed by atoms with van der Waals surface area (Å²) < 4.78 is 9.13. The van der Waals surface area contributed by atoms with E-state index < -0.39 is 0 Å². The highest BCUT2D eigenvalue weighted by molar-refractivity contribution is 5.84. The van der Waals surface area contributed by atoms with Gasteiger partial charge < -0.3 is 4.74 Å². The number of rotatable bonds is 4. The van der Waals surface area contributed by atoms with Gasteiger partial charge in [0.1, 0.15) is 12.3 Å². The topological polar surface area (TPSA) is 68.1 Å². The van der Waals surface area contributed by atoms with Gasteiger partial charge in [-0.1, -0.05) is 0 Å². The van der Waals surface area contributed by atoms with Crippen molar-refractivity contribution in [3.63, 3.8) is 0 Å². The van der Waals surface area contributed by atoms with E-state index in [4.69, 9.17) is 4.74 Å². The van der Waals surface area contributed by atoms with E-state index >= 15 is 0 Å². The van der Waals surface area contributed by atoms with Crippen LogP contribution in [-0.4, -0.2) is 26.0 Å². The largest absolute Gasteiger partial charge is 0.357 e. The minimum Gasteiger partial charge on any atom is -0.357 e. The van der Waals surface area contributed by atoms with Gasteiger partial charge in [-0.05, 0) is 32.9 Å². The fourth-order valence-corrected chi connectivity index (χ4v) is 2.56. The highest BCUT2D eigenvalue weighted by Gasteiger charge is 2.15. The Bertz CT molecular complexity index is 855. The summed E-state index contributed by atoms with van der Waals surface area (Å²) >= 11 is 0. The molecule has 0 fully saturated rings. The summed E-state index contributed by atoms with van der Waals surface area (Å²) in [4.78, 5) is 0. The number of ether oxygens (including phenoxy) is 1. The van der Waals surface area contributed by atoms with Gasteiger partial charge in [-0.2, -0.15) is 15.5 Å². The maximum absolute atomic E-state index is 9.40. The van der Waals surface area contributed by atoms with Crippen molar-refractivity contribution in [3.05, 3.63) is 42.0 Å². The Labute approximate surface area is 128 Å². The average Bonchev–Trinajstić information content (AvgIpc) is 3.14. The molecule has 3 aromatic rings. The molecule has 0 aliphatic heterocycles. The van der Waals surface area contributed by atoms with Crippen LogP contribution in [0.25, 0.3) is 16.6 Å². The molecular formula is C16H17N5O. The van der Waals surface area contributed by atoms with E-state index in [2.05, 4.69) is 16.3 Å². The number of aryl methyl sites for hydroxylation is 1. The summed E-state index contributed by atoms with van der Waals surface area (Å²) in [6.45, 7) is 6.49. The smallest absolute Gasteiger partial charge is 0.147 e. The third-order valence-electron chi connectivity index (χ3n) is 3.66. The van der Waals surface area contributed by atoms with Gasteiger partial charge in [-0.15, -0.1) is 0 Å². The number of hydrogen-bond donors (Lipinski definition) is 0. The molecule has 3 rings (SSSR count). The second-order valence-corrected chi connectivity index (χ2v) is 5.08. The molecule has 0 spiro atoms. The molecule has 0 amide bonds. The lowest BCUT2D eigenvalue weighted by molar-refractivity contribution is 0.0160. The number of nitriles is 1. The Morgan fingerprint density at radius 2 is 2.14 bits per heavy atom. The molecule has 3 aromatic heterocycles. The molecule has 0 bridgehead atoms. The Hall–Kier alpha value is -2.65. The van der Waals surface area contributed by atoms with Crippen molar-refractivity contribution >= 4 is 5.52 Å². The number of nitrogens with zero attached hydrogens (tertiary/aromatic N) is 5. The quantitative estimate of drug-likeness (QED) is 0.742. The Morgan fingerprint density at radius 3 is 2.86 bits per heavy atom. The van der Waals surface area contributed by atoms with E-state index in [0.29, 0.717) is 12.2 Å². The summed E-state index contributed by atoms with van der Waals surface area (Å²) in [5.41, 5.74) is 4.19. The normalized spacial score (nSPS) is 12.5. The Balaban J connectivity index is 2.15. The lowest BCUT2D eigenvalue weighted by Crippen LogP contribution is -2.09. The SMILES string of the molecule is CCOC(C)n1cc(-c2c(C#N)cnn3c(C)ccc23)cn1. The molecule has 112 valence electrons. The van der Waals surface area contributed by atoms with Gasteiger partial charge >= 0.3 is 0 Å². The Kier molecular flexibility index (Phi) is 3.65. The van der Waals surface area contributed by atoms with E-state index in [9.17, 15) is 5.26 Å². The summed E-state index contributed by atoms with van der Waals surface area (Å²) in [6, 6.07) is 6.18. The second kappa shape index (κ2) is 5.62. The lowest BCUT2D eigenvalue weighted by Gasteiger charge is -2.11. The summed E-state index contributed by atoms with van der Waals surface area (Å²) in [6.07, 6.45) is 5.11. The minimum absolute atomic E-state index is 0.143. The second-order valence-electron chi connectivity index (χ2n) is 5.08. The van der Waals surface area contributed by atoms with Gasteiger partial charge in [0.05, 0.1) is 23.5 Å². The number of hydrogen-bond acceptors (Lipinski definition) is 4. The average molecular weight is 295 g/mol. The lowest BCUT2D eigenvalue weighted by atomic mass is 10.1. The summed E-state index contributed by atoms with van der Waals surface area (Å²) in [5, 5.41) is 18.1. The monoisotopic (exact) mass is 295 g/mol. The first kappa shape index (κ1) is 14.3. The predicted molar refractivity (Wildman–Crippen MR) is 82.2 cm³/mol. The fraction of sp³-hybridized carbons (Fsp3) is 0.312. The molecule has 0 N–H and O–H groups in total. The molecule has 1 unspecified atom stereocenters. The zero-order chi connectivity index (χ0) is 15.7. The van der Waals surface area contributed by atoms with Crippen LogP contribution >= 0.6 is 0 Å². The standard InChI is InChI=1S/C16H17N5O/c1-4-22-12(3)20-10-14(9-18-20)16-13(7-17)8-19-21-11(2)5-6-15(16)21/h5-6,8-10,12H,4H2,1-3H3. The van der Waals surface area contributed by atoms with Gasteiger partial charge in [0.2, 0.25) is 0 Å². The molecule has 1 atom stereocenters. The maximum Gasteiger partial charge on any atom is 0.147 e. The molecule has 0 radical (unpaired) electrons. The first-order valence-corrected chi connectivity index (χ1v) is 7.19. The van der Waals surface area contributed by atoms with Crippen LogP contribution in [0.15, 0.2) is 30.7 Å². The van der Waals surface area contributed by atoms with Crippen molar-refractivity contribution in [1.82, 2.24) is 19.4 Å². The predicted octanol–water partition coefficient (Wildman–Crippen LogP) is 2.93. The van der Waals surface area contributed by atoms with Gasteiger partial charge in [0.15, 0.2) is 0 Å². The molecule has 0 aromatic carbocycles. The molecule has 0 aliphatic rings. The third kappa shape index (κ3) is 2.26. The fourth-order valence-electron chi connectivity index (χ4n) is 2.56. The van der Waals surface area contributed by atoms with Crippen molar-refractivity contribution in [1.29, 1.82) is 5.26 Å². The van der Waals surface area contributed by atoms with Crippen molar-refractivity contribution < 1.29 is 4.74 Å². The number of aromatic nitrogens is 4. The van der Waals surface area contributed by atoms with Crippen LogP contribution in [0.3, 0.4) is 0 Å². The van der Waals surface area contributed by atoms with Crippen LogP contribution in [0.2, 0.25) is 0 Å². The van der Waals surface area contributed by atoms with Gasteiger partial charge in [-0.3, -0.25) is 0 Å². The van der Waals surface area contributed by atoms with Crippen LogP contribution in [0.1, 0.15) is 31.3 Å². The third-order valence-corrected chi connectivity index (χ3v) is 3.66. The van der Waals surface area contributed by atoms with Crippen LogP contribution in [0.4, 0.5) is 0 Å². The van der Waals surface area contributed by atoms with Crippen molar-refractivity contribution in [2.75, 3.05) is 6.61 Å². The molecular weight excluding hydrogens is 278 g/mol. The van der Waals surface area contributed by atoms with E-state index in [1.807, 2.05) is 43.6 Å². The van der Waals surface area contributed by atoms with Crippen molar-refractivity contribution in [2.45, 2.75) is 27.0 Å². The van der Waals surface area contributed by atoms with Crippen LogP contribution in [0.5, 0.6) is 0 Å². The van der Waals surface area contributed by atoms with Crippen molar-refractivity contribution in [3.8, 4) is 17.2 Å². The summed E-state index contributed by atoms with van der Waals surface area (Å²) in [5.74, 6) is 0. The minimum atomic E-state index is -0.143. The highest BCUT2D eigenvalue weighted by Crippen LogP contribution is 2.29. The van der Waals surface area contributed by atoms with Crippen LogP contribution in [0, 0.1) is 18.3 Å². The first-order valence-electron chi connectivity index (χ1n) is 7.19. The Morgan fingerprint density at radius 1 is 1.32 bits per heavy atom. The van der Waals surface area contributed by atoms with Crippen LogP contribution in [-0.2, 0) is 4.74 Å². The maximum atomic E-state index is 9.40. The molecule has 0 saturated heterocycles. The molecule has 0 aliphatic carbocycles. The van der Waals surface area contributed by atoms with E-state index in [1.54, 1.807) is 17.1 Å². The molecule has 22 heavy (non-hydrogen) atoms.